The van der Waals surface area contributed by atoms with E-state index < -0.39 is 0 Å². The van der Waals surface area contributed by atoms with E-state index >= 15 is 0 Å². The Morgan fingerprint density at radius 1 is 1.33 bits per heavy atom. The third kappa shape index (κ3) is 4.36. The van der Waals surface area contributed by atoms with E-state index in [0.717, 1.165) is 31.5 Å². The minimum Gasteiger partial charge on any atom is -0.336 e. The van der Waals surface area contributed by atoms with Crippen LogP contribution in [0.25, 0.3) is 0 Å². The number of piperidine rings is 1. The number of hydrogen-bond donors (Lipinski definition) is 1. The molecule has 0 radical (unpaired) electrons. The van der Waals surface area contributed by atoms with Crippen LogP contribution in [-0.4, -0.2) is 40.7 Å². The monoisotopic (exact) mass is 348 g/mol. The van der Waals surface area contributed by atoms with E-state index in [9.17, 15) is 4.79 Å². The fourth-order valence-corrected chi connectivity index (χ4v) is 2.95. The molecule has 5 nitrogen and oxygen atoms in total. The summed E-state index contributed by atoms with van der Waals surface area (Å²) in [6, 6.07) is 10.4. The SMILES string of the molecule is Cc1ccc(CN(C)C(=O)c2ccn(C3CCCNC3)n2)cc1.Cl. The van der Waals surface area contributed by atoms with Crippen molar-refractivity contribution in [1.29, 1.82) is 0 Å². The van der Waals surface area contributed by atoms with E-state index in [1.54, 1.807) is 4.90 Å². The van der Waals surface area contributed by atoms with Crippen LogP contribution in [0.3, 0.4) is 0 Å². The average Bonchev–Trinajstić information content (AvgIpc) is 3.07. The Kier molecular flexibility index (Phi) is 6.40. The van der Waals surface area contributed by atoms with Crippen LogP contribution in [0.1, 0.15) is 40.5 Å². The molecule has 1 amide bonds. The quantitative estimate of drug-likeness (QED) is 0.924. The molecule has 0 bridgehead atoms. The van der Waals surface area contributed by atoms with Crippen molar-refractivity contribution in [2.24, 2.45) is 0 Å². The molecule has 1 atom stereocenters. The molecule has 2 aromatic rings. The Labute approximate surface area is 149 Å². The number of halogens is 1. The zero-order valence-corrected chi connectivity index (χ0v) is 15.1. The van der Waals surface area contributed by atoms with Crippen LogP contribution in [-0.2, 0) is 6.54 Å². The zero-order valence-electron chi connectivity index (χ0n) is 14.2. The van der Waals surface area contributed by atoms with Gasteiger partial charge in [-0.05, 0) is 37.9 Å². The third-order valence-corrected chi connectivity index (χ3v) is 4.36. The summed E-state index contributed by atoms with van der Waals surface area (Å²) < 4.78 is 1.93. The molecule has 24 heavy (non-hydrogen) atoms. The van der Waals surface area contributed by atoms with Crippen LogP contribution < -0.4 is 5.32 Å². The van der Waals surface area contributed by atoms with Gasteiger partial charge in [-0.1, -0.05) is 29.8 Å². The summed E-state index contributed by atoms with van der Waals surface area (Å²) in [6.07, 6.45) is 4.19. The van der Waals surface area contributed by atoms with Gasteiger partial charge in [-0.2, -0.15) is 5.10 Å². The van der Waals surface area contributed by atoms with Crippen molar-refractivity contribution in [1.82, 2.24) is 20.0 Å². The molecule has 0 aliphatic carbocycles. The molecule has 1 aliphatic rings. The molecule has 130 valence electrons. The number of hydrogen-bond acceptors (Lipinski definition) is 3. The summed E-state index contributed by atoms with van der Waals surface area (Å²) in [5.74, 6) is -0.0342. The summed E-state index contributed by atoms with van der Waals surface area (Å²) in [5, 5.41) is 7.87. The third-order valence-electron chi connectivity index (χ3n) is 4.36. The first-order valence-electron chi connectivity index (χ1n) is 8.20. The van der Waals surface area contributed by atoms with Crippen molar-refractivity contribution >= 4 is 18.3 Å². The van der Waals surface area contributed by atoms with Crippen LogP contribution in [0.5, 0.6) is 0 Å². The minimum absolute atomic E-state index is 0. The molecule has 1 saturated heterocycles. The normalized spacial score (nSPS) is 17.2. The first kappa shape index (κ1) is 18.5. The summed E-state index contributed by atoms with van der Waals surface area (Å²) >= 11 is 0. The van der Waals surface area contributed by atoms with Crippen LogP contribution >= 0.6 is 12.4 Å². The van der Waals surface area contributed by atoms with Gasteiger partial charge in [-0.3, -0.25) is 9.48 Å². The molecule has 3 rings (SSSR count). The van der Waals surface area contributed by atoms with E-state index in [2.05, 4.69) is 41.6 Å². The Hall–Kier alpha value is -1.85. The number of carbonyl (C=O) groups excluding carboxylic acids is 1. The lowest BCUT2D eigenvalue weighted by Gasteiger charge is -2.23. The lowest BCUT2D eigenvalue weighted by molar-refractivity contribution is 0.0778. The van der Waals surface area contributed by atoms with Crippen molar-refractivity contribution in [3.05, 3.63) is 53.3 Å². The topological polar surface area (TPSA) is 50.2 Å². The molecule has 1 N–H and O–H groups in total. The van der Waals surface area contributed by atoms with E-state index in [1.165, 1.54) is 5.56 Å². The Balaban J connectivity index is 0.00000208. The molecule has 1 unspecified atom stereocenters. The number of aryl methyl sites for hydroxylation is 1. The zero-order chi connectivity index (χ0) is 16.2. The molecule has 0 spiro atoms. The number of nitrogens with one attached hydrogen (secondary N) is 1. The van der Waals surface area contributed by atoms with Crippen molar-refractivity contribution in [2.75, 3.05) is 20.1 Å². The van der Waals surface area contributed by atoms with Crippen LogP contribution in [0.2, 0.25) is 0 Å². The van der Waals surface area contributed by atoms with Gasteiger partial charge >= 0.3 is 0 Å². The number of aromatic nitrogens is 2. The van der Waals surface area contributed by atoms with Crippen LogP contribution in [0.15, 0.2) is 36.5 Å². The molecule has 6 heteroatoms. The maximum Gasteiger partial charge on any atom is 0.274 e. The van der Waals surface area contributed by atoms with Gasteiger partial charge in [0.15, 0.2) is 0 Å². The van der Waals surface area contributed by atoms with Gasteiger partial charge in [0.05, 0.1) is 6.04 Å². The number of benzene rings is 1. The van der Waals surface area contributed by atoms with Gasteiger partial charge in [0.1, 0.15) is 5.69 Å². The molecule has 1 aliphatic heterocycles. The first-order chi connectivity index (χ1) is 11.1. The lowest BCUT2D eigenvalue weighted by Crippen LogP contribution is -2.32. The van der Waals surface area contributed by atoms with E-state index in [-0.39, 0.29) is 18.3 Å². The van der Waals surface area contributed by atoms with Gasteiger partial charge in [-0.25, -0.2) is 0 Å². The van der Waals surface area contributed by atoms with Gasteiger partial charge in [0.25, 0.3) is 5.91 Å². The minimum atomic E-state index is -0.0342. The Morgan fingerprint density at radius 3 is 2.75 bits per heavy atom. The summed E-state index contributed by atoms with van der Waals surface area (Å²) in [7, 11) is 1.82. The molecule has 1 aromatic carbocycles. The second kappa shape index (κ2) is 8.31. The highest BCUT2D eigenvalue weighted by molar-refractivity contribution is 5.91. The maximum absolute atomic E-state index is 12.5. The highest BCUT2D eigenvalue weighted by atomic mass is 35.5. The molecule has 1 fully saturated rings. The van der Waals surface area contributed by atoms with Crippen molar-refractivity contribution in [3.63, 3.8) is 0 Å². The predicted octanol–water partition coefficient (Wildman–Crippen LogP) is 2.81. The predicted molar refractivity (Wildman–Crippen MR) is 97.6 cm³/mol. The fourth-order valence-electron chi connectivity index (χ4n) is 2.95. The fraction of sp³-hybridized carbons (Fsp3) is 0.444. The van der Waals surface area contributed by atoms with Gasteiger partial charge in [0, 0.05) is 26.3 Å². The molecule has 2 heterocycles. The second-order valence-electron chi connectivity index (χ2n) is 6.33. The Bertz CT molecular complexity index is 662. The average molecular weight is 349 g/mol. The molecular formula is C18H25ClN4O. The smallest absolute Gasteiger partial charge is 0.274 e. The number of rotatable bonds is 4. The first-order valence-corrected chi connectivity index (χ1v) is 8.20. The van der Waals surface area contributed by atoms with Crippen molar-refractivity contribution in [3.8, 4) is 0 Å². The van der Waals surface area contributed by atoms with Gasteiger partial charge in [-0.15, -0.1) is 12.4 Å². The molecule has 1 aromatic heterocycles. The molecule has 0 saturated carbocycles. The lowest BCUT2D eigenvalue weighted by atomic mass is 10.1. The van der Waals surface area contributed by atoms with E-state index in [0.29, 0.717) is 18.3 Å². The number of amides is 1. The van der Waals surface area contributed by atoms with Crippen LogP contribution in [0.4, 0.5) is 0 Å². The number of carbonyl (C=O) groups is 1. The van der Waals surface area contributed by atoms with Gasteiger partial charge < -0.3 is 10.2 Å². The second-order valence-corrected chi connectivity index (χ2v) is 6.33. The van der Waals surface area contributed by atoms with E-state index in [4.69, 9.17) is 0 Å². The van der Waals surface area contributed by atoms with Crippen LogP contribution in [0, 0.1) is 6.92 Å². The highest BCUT2D eigenvalue weighted by Gasteiger charge is 2.19. The standard InChI is InChI=1S/C18H24N4O.ClH/c1-14-5-7-15(8-6-14)13-21(2)18(23)17-9-11-22(20-17)16-4-3-10-19-12-16;/h5-9,11,16,19H,3-4,10,12-13H2,1-2H3;1H. The number of nitrogens with zero attached hydrogens (tertiary/aromatic N) is 3. The molecular weight excluding hydrogens is 324 g/mol. The Morgan fingerprint density at radius 2 is 2.08 bits per heavy atom. The van der Waals surface area contributed by atoms with Gasteiger partial charge in [0.2, 0.25) is 0 Å². The van der Waals surface area contributed by atoms with E-state index in [1.807, 2.05) is 24.0 Å². The van der Waals surface area contributed by atoms with Crippen molar-refractivity contribution < 1.29 is 4.79 Å². The summed E-state index contributed by atoms with van der Waals surface area (Å²) in [6.45, 7) is 4.65. The maximum atomic E-state index is 12.5. The summed E-state index contributed by atoms with van der Waals surface area (Å²) in [5.41, 5.74) is 2.87. The summed E-state index contributed by atoms with van der Waals surface area (Å²) in [4.78, 5) is 14.3. The highest BCUT2D eigenvalue weighted by Crippen LogP contribution is 2.16. The largest absolute Gasteiger partial charge is 0.336 e. The van der Waals surface area contributed by atoms with Crippen molar-refractivity contribution in [2.45, 2.75) is 32.4 Å².